The molecule has 12 heavy (non-hydrogen) atoms. The first-order chi connectivity index (χ1) is 5.62. The molecule has 0 amide bonds. The molecule has 0 aliphatic carbocycles. The summed E-state index contributed by atoms with van der Waals surface area (Å²) in [7, 11) is -3.30. The van der Waals surface area contributed by atoms with Gasteiger partial charge in [0.05, 0.1) is 0 Å². The third kappa shape index (κ3) is 7.32. The van der Waals surface area contributed by atoms with Crippen molar-refractivity contribution in [2.45, 2.75) is 26.2 Å². The van der Waals surface area contributed by atoms with Crippen LogP contribution < -0.4 is 0 Å². The van der Waals surface area contributed by atoms with Crippen molar-refractivity contribution in [2.75, 3.05) is 18.5 Å². The summed E-state index contributed by atoms with van der Waals surface area (Å²) in [5, 5.41) is 0. The van der Waals surface area contributed by atoms with E-state index in [0.717, 1.165) is 25.0 Å². The zero-order chi connectivity index (χ0) is 9.45. The summed E-state index contributed by atoms with van der Waals surface area (Å²) in [6.45, 7) is 2.39. The minimum atomic E-state index is -3.30. The maximum atomic E-state index is 9.32. The molecule has 76 valence electrons. The maximum absolute atomic E-state index is 9.32. The first-order valence-electron chi connectivity index (χ1n) is 4.32. The fraction of sp³-hybridized carbons (Fsp3) is 1.00. The van der Waals surface area contributed by atoms with E-state index >= 15 is 0 Å². The molecule has 0 aromatic rings. The summed E-state index contributed by atoms with van der Waals surface area (Å²) < 4.78 is 4.95. The van der Waals surface area contributed by atoms with Crippen LogP contribution in [0.5, 0.6) is 0 Å². The fourth-order valence-corrected chi connectivity index (χ4v) is 2.41. The van der Waals surface area contributed by atoms with Gasteiger partial charge in [0.1, 0.15) is 0 Å². The van der Waals surface area contributed by atoms with Crippen molar-refractivity contribution < 1.29 is 14.3 Å². The molecule has 0 fully saturated rings. The Kier molecular flexibility index (Phi) is 7.49. The minimum absolute atomic E-state index is 0.396. The van der Waals surface area contributed by atoms with Gasteiger partial charge in [-0.25, -0.2) is 0 Å². The second-order valence-electron chi connectivity index (χ2n) is 2.77. The van der Waals surface area contributed by atoms with Crippen LogP contribution in [0.15, 0.2) is 0 Å². The Morgan fingerprint density at radius 2 is 2.00 bits per heavy atom. The van der Waals surface area contributed by atoms with Crippen molar-refractivity contribution in [3.05, 3.63) is 0 Å². The van der Waals surface area contributed by atoms with Crippen molar-refractivity contribution in [2.24, 2.45) is 0 Å². The first-order valence-corrected chi connectivity index (χ1v) is 6.96. The van der Waals surface area contributed by atoms with Crippen LogP contribution in [0.4, 0.5) is 0 Å². The van der Waals surface area contributed by atoms with Gasteiger partial charge in [-0.15, -0.1) is 0 Å². The van der Waals surface area contributed by atoms with E-state index in [4.69, 9.17) is 4.52 Å². The van der Waals surface area contributed by atoms with Crippen LogP contribution >= 0.6 is 20.6 Å². The van der Waals surface area contributed by atoms with Crippen LogP contribution in [0.1, 0.15) is 26.2 Å². The molecule has 0 bridgehead atoms. The van der Waals surface area contributed by atoms with Gasteiger partial charge in [-0.3, -0.25) is 0 Å². The van der Waals surface area contributed by atoms with Gasteiger partial charge >= 0.3 is 79.6 Å². The van der Waals surface area contributed by atoms with Gasteiger partial charge in [-0.2, -0.15) is 0 Å². The second-order valence-corrected chi connectivity index (χ2v) is 5.49. The molecular weight excluding hydrogens is 195 g/mol. The molecular formula is C7H19O3PS. The summed E-state index contributed by atoms with van der Waals surface area (Å²) in [6, 6.07) is 0. The Balaban J connectivity index is 3.42. The van der Waals surface area contributed by atoms with E-state index in [-0.39, 0.29) is 0 Å². The number of hydrogen-bond acceptors (Lipinski definition) is 4. The molecule has 2 N–H and O–H groups in total. The summed E-state index contributed by atoms with van der Waals surface area (Å²) in [6.07, 6.45) is 2.91. The number of rotatable bonds is 7. The third-order valence-corrected chi connectivity index (χ3v) is 3.44. The summed E-state index contributed by atoms with van der Waals surface area (Å²) in [5.74, 6) is 0.790. The summed E-state index contributed by atoms with van der Waals surface area (Å²) >= 11 is 4.03. The number of unbranched alkanes of at least 4 members (excludes halogenated alkanes) is 1. The Labute approximate surface area is 80.1 Å². The molecule has 0 spiro atoms. The van der Waals surface area contributed by atoms with Crippen molar-refractivity contribution in [1.29, 1.82) is 0 Å². The molecule has 0 rings (SSSR count). The fourth-order valence-electron chi connectivity index (χ4n) is 0.805. The van der Waals surface area contributed by atoms with Crippen molar-refractivity contribution in [3.8, 4) is 0 Å². The van der Waals surface area contributed by atoms with Crippen molar-refractivity contribution in [1.82, 2.24) is 0 Å². The van der Waals surface area contributed by atoms with E-state index < -0.39 is 7.94 Å². The van der Waals surface area contributed by atoms with Crippen LogP contribution in [0.25, 0.3) is 0 Å². The second kappa shape index (κ2) is 7.10. The van der Waals surface area contributed by atoms with Gasteiger partial charge in [0, 0.05) is 0 Å². The van der Waals surface area contributed by atoms with E-state index in [1.54, 1.807) is 0 Å². The average Bonchev–Trinajstić information content (AvgIpc) is 2.01. The van der Waals surface area contributed by atoms with E-state index in [9.17, 15) is 9.79 Å². The molecule has 0 saturated carbocycles. The van der Waals surface area contributed by atoms with Gasteiger partial charge in [-0.05, 0) is 0 Å². The Bertz CT molecular complexity index is 111. The van der Waals surface area contributed by atoms with E-state index in [1.807, 2.05) is 6.92 Å². The molecule has 0 aromatic carbocycles. The Morgan fingerprint density at radius 3 is 2.50 bits per heavy atom. The van der Waals surface area contributed by atoms with Crippen molar-refractivity contribution in [3.63, 3.8) is 0 Å². The molecule has 0 aromatic heterocycles. The van der Waals surface area contributed by atoms with E-state index in [2.05, 4.69) is 12.6 Å². The summed E-state index contributed by atoms with van der Waals surface area (Å²) in [4.78, 5) is 18.6. The van der Waals surface area contributed by atoms with E-state index in [0.29, 0.717) is 12.8 Å². The van der Waals surface area contributed by atoms with Crippen LogP contribution in [-0.4, -0.2) is 28.3 Å². The Morgan fingerprint density at radius 1 is 1.33 bits per heavy atom. The SMILES string of the molecule is CCCO[PH](O)(O)CCCCS. The molecule has 0 aliphatic rings. The molecule has 0 atom stereocenters. The topological polar surface area (TPSA) is 49.7 Å². The number of hydrogen-bond donors (Lipinski definition) is 3. The standard InChI is InChI=1S/C7H19O3PS/c1-2-5-10-11(8,9)6-3-4-7-12/h8-9,11-12H,2-7H2,1H3. The predicted molar refractivity (Wildman–Crippen MR) is 56.9 cm³/mol. The molecule has 0 radical (unpaired) electrons. The third-order valence-electron chi connectivity index (χ3n) is 1.45. The van der Waals surface area contributed by atoms with E-state index in [1.165, 1.54) is 0 Å². The molecule has 0 unspecified atom stereocenters. The van der Waals surface area contributed by atoms with Crippen molar-refractivity contribution >= 4 is 20.6 Å². The quantitative estimate of drug-likeness (QED) is 0.343. The van der Waals surface area contributed by atoms with Crippen LogP contribution in [0.2, 0.25) is 0 Å². The average molecular weight is 214 g/mol. The van der Waals surface area contributed by atoms with Gasteiger partial charge in [-0.1, -0.05) is 0 Å². The molecule has 5 heteroatoms. The van der Waals surface area contributed by atoms with Crippen LogP contribution in [0, 0.1) is 0 Å². The van der Waals surface area contributed by atoms with Gasteiger partial charge in [0.15, 0.2) is 0 Å². The van der Waals surface area contributed by atoms with Gasteiger partial charge in [0.2, 0.25) is 0 Å². The molecule has 3 nitrogen and oxygen atoms in total. The Hall–Kier alpha value is 0.660. The zero-order valence-corrected chi connectivity index (χ0v) is 9.39. The van der Waals surface area contributed by atoms with Crippen LogP contribution in [0.3, 0.4) is 0 Å². The normalized spacial score (nSPS) is 13.3. The van der Waals surface area contributed by atoms with Gasteiger partial charge < -0.3 is 0 Å². The zero-order valence-electron chi connectivity index (χ0n) is 7.49. The predicted octanol–water partition coefficient (Wildman–Crippen LogP) is 1.60. The monoisotopic (exact) mass is 214 g/mol. The molecule has 0 saturated heterocycles. The van der Waals surface area contributed by atoms with Gasteiger partial charge in [0.25, 0.3) is 0 Å². The summed E-state index contributed by atoms with van der Waals surface area (Å²) in [5.41, 5.74) is 0. The van der Waals surface area contributed by atoms with Crippen LogP contribution in [-0.2, 0) is 4.52 Å². The molecule has 0 heterocycles. The molecule has 0 aliphatic heterocycles. The number of thiol groups is 1. The first kappa shape index (κ1) is 12.7.